The van der Waals surface area contributed by atoms with Gasteiger partial charge in [-0.15, -0.1) is 0 Å². The van der Waals surface area contributed by atoms with E-state index in [2.05, 4.69) is 11.4 Å². The Balaban J connectivity index is 2.10. The van der Waals surface area contributed by atoms with Crippen molar-refractivity contribution in [3.8, 4) is 5.75 Å². The summed E-state index contributed by atoms with van der Waals surface area (Å²) in [6, 6.07) is 15.1. The predicted octanol–water partition coefficient (Wildman–Crippen LogP) is 3.46. The molecule has 0 aromatic heterocycles. The lowest BCUT2D eigenvalue weighted by Crippen LogP contribution is -2.23. The van der Waals surface area contributed by atoms with Crippen LogP contribution in [0.2, 0.25) is 0 Å². The van der Waals surface area contributed by atoms with Gasteiger partial charge in [-0.05, 0) is 61.7 Å². The van der Waals surface area contributed by atoms with Gasteiger partial charge in [-0.25, -0.2) is 4.39 Å². The molecule has 2 aromatic rings. The van der Waals surface area contributed by atoms with Crippen LogP contribution in [0.3, 0.4) is 0 Å². The topological polar surface area (TPSA) is 21.3 Å². The van der Waals surface area contributed by atoms with Crippen molar-refractivity contribution in [2.75, 3.05) is 20.7 Å². The van der Waals surface area contributed by atoms with E-state index in [0.717, 1.165) is 30.7 Å². The van der Waals surface area contributed by atoms with Gasteiger partial charge in [-0.3, -0.25) is 0 Å². The van der Waals surface area contributed by atoms with Crippen LogP contribution < -0.4 is 10.1 Å². The second kappa shape index (κ2) is 7.79. The van der Waals surface area contributed by atoms with Crippen LogP contribution in [0.4, 0.5) is 4.39 Å². The average molecular weight is 287 g/mol. The zero-order valence-electron chi connectivity index (χ0n) is 12.6. The fourth-order valence-corrected chi connectivity index (χ4v) is 2.61. The third-order valence-corrected chi connectivity index (χ3v) is 3.62. The molecule has 1 atom stereocenters. The van der Waals surface area contributed by atoms with Crippen LogP contribution in [0.25, 0.3) is 0 Å². The molecule has 112 valence electrons. The highest BCUT2D eigenvalue weighted by Gasteiger charge is 2.13. The molecule has 0 bridgehead atoms. The molecule has 21 heavy (non-hydrogen) atoms. The first-order valence-corrected chi connectivity index (χ1v) is 7.24. The molecule has 0 aliphatic heterocycles. The van der Waals surface area contributed by atoms with Crippen LogP contribution >= 0.6 is 0 Å². The maximum atomic E-state index is 13.8. The highest BCUT2D eigenvalue weighted by atomic mass is 19.1. The molecule has 0 amide bonds. The first-order valence-electron chi connectivity index (χ1n) is 7.24. The van der Waals surface area contributed by atoms with Crippen molar-refractivity contribution in [3.63, 3.8) is 0 Å². The smallest absolute Gasteiger partial charge is 0.126 e. The predicted molar refractivity (Wildman–Crippen MR) is 84.2 cm³/mol. The van der Waals surface area contributed by atoms with E-state index in [-0.39, 0.29) is 5.82 Å². The summed E-state index contributed by atoms with van der Waals surface area (Å²) in [6.07, 6.45) is 1.62. The van der Waals surface area contributed by atoms with Gasteiger partial charge in [0.15, 0.2) is 0 Å². The fourth-order valence-electron chi connectivity index (χ4n) is 2.61. The number of hydrogen-bond donors (Lipinski definition) is 1. The van der Waals surface area contributed by atoms with E-state index >= 15 is 0 Å². The molecule has 0 radical (unpaired) electrons. The summed E-state index contributed by atoms with van der Waals surface area (Å²) in [5.41, 5.74) is 1.99. The van der Waals surface area contributed by atoms with Gasteiger partial charge < -0.3 is 10.1 Å². The maximum Gasteiger partial charge on any atom is 0.126 e. The maximum absolute atomic E-state index is 13.8. The summed E-state index contributed by atoms with van der Waals surface area (Å²) in [6.45, 7) is 0.853. The number of nitrogens with one attached hydrogen (secondary N) is 1. The highest BCUT2D eigenvalue weighted by molar-refractivity contribution is 5.29. The summed E-state index contributed by atoms with van der Waals surface area (Å²) in [5, 5.41) is 3.20. The lowest BCUT2D eigenvalue weighted by molar-refractivity contribution is 0.413. The lowest BCUT2D eigenvalue weighted by Gasteiger charge is -2.17. The van der Waals surface area contributed by atoms with Crippen molar-refractivity contribution in [2.24, 2.45) is 5.92 Å². The van der Waals surface area contributed by atoms with Crippen molar-refractivity contribution in [3.05, 3.63) is 65.5 Å². The van der Waals surface area contributed by atoms with Crippen molar-refractivity contribution in [1.82, 2.24) is 5.32 Å². The van der Waals surface area contributed by atoms with Gasteiger partial charge in [0.25, 0.3) is 0 Å². The highest BCUT2D eigenvalue weighted by Crippen LogP contribution is 2.19. The molecule has 1 N–H and O–H groups in total. The zero-order valence-corrected chi connectivity index (χ0v) is 12.6. The Morgan fingerprint density at radius 3 is 2.62 bits per heavy atom. The van der Waals surface area contributed by atoms with Gasteiger partial charge in [0.05, 0.1) is 7.11 Å². The molecule has 2 rings (SSSR count). The minimum absolute atomic E-state index is 0.121. The van der Waals surface area contributed by atoms with Crippen molar-refractivity contribution in [2.45, 2.75) is 12.8 Å². The largest absolute Gasteiger partial charge is 0.497 e. The summed E-state index contributed by atoms with van der Waals surface area (Å²) >= 11 is 0. The second-order valence-electron chi connectivity index (χ2n) is 5.27. The summed E-state index contributed by atoms with van der Waals surface area (Å²) < 4.78 is 19.1. The minimum Gasteiger partial charge on any atom is -0.497 e. The number of hydrogen-bond acceptors (Lipinski definition) is 2. The Labute approximate surface area is 126 Å². The van der Waals surface area contributed by atoms with Crippen LogP contribution in [-0.2, 0) is 12.8 Å². The molecule has 0 saturated carbocycles. The van der Waals surface area contributed by atoms with E-state index in [1.807, 2.05) is 37.4 Å². The van der Waals surface area contributed by atoms with Gasteiger partial charge >= 0.3 is 0 Å². The molecular weight excluding hydrogens is 265 g/mol. The zero-order chi connectivity index (χ0) is 15.1. The summed E-state index contributed by atoms with van der Waals surface area (Å²) in [4.78, 5) is 0. The Hall–Kier alpha value is -1.87. The number of methoxy groups -OCH3 is 1. The molecule has 2 nitrogen and oxygen atoms in total. The van der Waals surface area contributed by atoms with Crippen LogP contribution in [0.15, 0.2) is 48.5 Å². The van der Waals surface area contributed by atoms with E-state index in [1.165, 1.54) is 11.6 Å². The first kappa shape index (κ1) is 15.5. The van der Waals surface area contributed by atoms with Gasteiger partial charge in [-0.1, -0.05) is 30.3 Å². The van der Waals surface area contributed by atoms with Crippen LogP contribution in [0.1, 0.15) is 11.1 Å². The van der Waals surface area contributed by atoms with Gasteiger partial charge in [0, 0.05) is 0 Å². The van der Waals surface area contributed by atoms with Crippen LogP contribution in [0.5, 0.6) is 5.75 Å². The third kappa shape index (κ3) is 4.57. The molecule has 2 aromatic carbocycles. The fraction of sp³-hybridized carbons (Fsp3) is 0.333. The third-order valence-electron chi connectivity index (χ3n) is 3.62. The van der Waals surface area contributed by atoms with Crippen LogP contribution in [0, 0.1) is 11.7 Å². The average Bonchev–Trinajstić information content (AvgIpc) is 2.50. The van der Waals surface area contributed by atoms with Crippen molar-refractivity contribution in [1.29, 1.82) is 0 Å². The normalized spacial score (nSPS) is 12.1. The van der Waals surface area contributed by atoms with E-state index in [4.69, 9.17) is 4.74 Å². The molecule has 0 spiro atoms. The quantitative estimate of drug-likeness (QED) is 0.842. The van der Waals surface area contributed by atoms with Gasteiger partial charge in [0.2, 0.25) is 0 Å². The molecule has 0 fully saturated rings. The van der Waals surface area contributed by atoms with E-state index < -0.39 is 0 Å². The number of ether oxygens (including phenoxy) is 1. The van der Waals surface area contributed by atoms with E-state index in [0.29, 0.717) is 5.92 Å². The Morgan fingerprint density at radius 1 is 1.10 bits per heavy atom. The molecule has 0 aliphatic carbocycles. The van der Waals surface area contributed by atoms with Crippen molar-refractivity contribution >= 4 is 0 Å². The second-order valence-corrected chi connectivity index (χ2v) is 5.27. The van der Waals surface area contributed by atoms with Crippen molar-refractivity contribution < 1.29 is 9.13 Å². The van der Waals surface area contributed by atoms with Gasteiger partial charge in [0.1, 0.15) is 11.6 Å². The standard InChI is InChI=1S/C18H22FNO/c1-20-13-15(11-16-7-3-4-9-18(16)19)10-14-6-5-8-17(12-14)21-2/h3-9,12,15,20H,10-11,13H2,1-2H3. The number of rotatable bonds is 7. The lowest BCUT2D eigenvalue weighted by atomic mass is 9.92. The molecular formula is C18H22FNO. The Bertz CT molecular complexity index is 571. The minimum atomic E-state index is -0.121. The SMILES string of the molecule is CNCC(Cc1cccc(OC)c1)Cc1ccccc1F. The monoisotopic (exact) mass is 287 g/mol. The van der Waals surface area contributed by atoms with E-state index in [1.54, 1.807) is 13.2 Å². The summed E-state index contributed by atoms with van der Waals surface area (Å²) in [7, 11) is 3.60. The molecule has 1 unspecified atom stereocenters. The Kier molecular flexibility index (Phi) is 5.76. The first-order chi connectivity index (χ1) is 10.2. The molecule has 0 aliphatic rings. The molecule has 3 heteroatoms. The van der Waals surface area contributed by atoms with Crippen LogP contribution in [-0.4, -0.2) is 20.7 Å². The molecule has 0 heterocycles. The number of halogens is 1. The van der Waals surface area contributed by atoms with E-state index in [9.17, 15) is 4.39 Å². The molecule has 0 saturated heterocycles. The number of benzene rings is 2. The summed E-state index contributed by atoms with van der Waals surface area (Å²) in [5.74, 6) is 1.09. The van der Waals surface area contributed by atoms with Gasteiger partial charge in [-0.2, -0.15) is 0 Å². The Morgan fingerprint density at radius 2 is 1.90 bits per heavy atom.